The van der Waals surface area contributed by atoms with E-state index >= 15 is 0 Å². The van der Waals surface area contributed by atoms with Crippen LogP contribution in [0.4, 0.5) is 0 Å². The molecular weight excluding hydrogens is 464 g/mol. The van der Waals surface area contributed by atoms with E-state index in [1.165, 1.54) is 0 Å². The number of carboxylic acids is 1. The summed E-state index contributed by atoms with van der Waals surface area (Å²) in [6, 6.07) is -1.05. The Morgan fingerprint density at radius 3 is 1.71 bits per heavy atom. The van der Waals surface area contributed by atoms with Gasteiger partial charge in [0, 0.05) is 26.1 Å². The standard InChI is InChI=1S/C22H42N4O9/c1-2-3-4-7-24-20(28)16-34-14-13-33-11-9-26-21(29)17-35-15-12-32-10-8-25-19(27)6-5-18(23)22(30)31/h18H,2-17,23H2,1H3,(H,24,28)(H,25,27)(H,26,29)(H,30,31). The molecule has 0 aliphatic heterocycles. The summed E-state index contributed by atoms with van der Waals surface area (Å²) in [5.74, 6) is -1.85. The molecule has 0 aliphatic rings. The Bertz CT molecular complexity index is 593. The van der Waals surface area contributed by atoms with Gasteiger partial charge in [0.2, 0.25) is 17.7 Å². The van der Waals surface area contributed by atoms with Crippen LogP contribution in [-0.2, 0) is 38.1 Å². The fourth-order valence-electron chi connectivity index (χ4n) is 2.50. The van der Waals surface area contributed by atoms with E-state index in [2.05, 4.69) is 22.9 Å². The van der Waals surface area contributed by atoms with E-state index in [4.69, 9.17) is 29.8 Å². The number of unbranched alkanes of at least 4 members (excludes halogenated alkanes) is 2. The van der Waals surface area contributed by atoms with Crippen molar-refractivity contribution in [1.82, 2.24) is 16.0 Å². The molecule has 1 unspecified atom stereocenters. The van der Waals surface area contributed by atoms with Crippen molar-refractivity contribution in [2.24, 2.45) is 5.73 Å². The van der Waals surface area contributed by atoms with E-state index in [9.17, 15) is 19.2 Å². The van der Waals surface area contributed by atoms with Gasteiger partial charge in [-0.05, 0) is 12.8 Å². The number of hydrogen-bond acceptors (Lipinski definition) is 9. The fourth-order valence-corrected chi connectivity index (χ4v) is 2.50. The first-order chi connectivity index (χ1) is 16.9. The molecule has 0 saturated heterocycles. The lowest BCUT2D eigenvalue weighted by atomic mass is 10.1. The van der Waals surface area contributed by atoms with E-state index in [0.717, 1.165) is 19.3 Å². The highest BCUT2D eigenvalue weighted by Gasteiger charge is 2.13. The van der Waals surface area contributed by atoms with Gasteiger partial charge >= 0.3 is 5.97 Å². The van der Waals surface area contributed by atoms with Gasteiger partial charge in [-0.2, -0.15) is 0 Å². The highest BCUT2D eigenvalue weighted by Crippen LogP contribution is 1.94. The van der Waals surface area contributed by atoms with Crippen LogP contribution >= 0.6 is 0 Å². The van der Waals surface area contributed by atoms with Crippen molar-refractivity contribution in [3.05, 3.63) is 0 Å². The van der Waals surface area contributed by atoms with Crippen LogP contribution in [0.25, 0.3) is 0 Å². The van der Waals surface area contributed by atoms with E-state index in [-0.39, 0.29) is 70.1 Å². The molecule has 3 amide bonds. The van der Waals surface area contributed by atoms with Crippen molar-refractivity contribution in [2.45, 2.75) is 45.1 Å². The lowest BCUT2D eigenvalue weighted by molar-refractivity contribution is -0.138. The number of ether oxygens (including phenoxy) is 4. The first kappa shape index (κ1) is 32.7. The molecule has 0 rings (SSSR count). The topological polar surface area (TPSA) is 188 Å². The minimum absolute atomic E-state index is 0.00564. The molecule has 35 heavy (non-hydrogen) atoms. The van der Waals surface area contributed by atoms with E-state index in [0.29, 0.717) is 32.9 Å². The predicted octanol–water partition coefficient (Wildman–Crippen LogP) is -1.22. The van der Waals surface area contributed by atoms with Crippen LogP contribution < -0.4 is 21.7 Å². The molecule has 0 heterocycles. The molecule has 0 bridgehead atoms. The zero-order valence-corrected chi connectivity index (χ0v) is 20.7. The van der Waals surface area contributed by atoms with Crippen molar-refractivity contribution in [1.29, 1.82) is 0 Å². The zero-order valence-electron chi connectivity index (χ0n) is 20.7. The highest BCUT2D eigenvalue weighted by molar-refractivity contribution is 5.78. The Morgan fingerprint density at radius 1 is 0.714 bits per heavy atom. The largest absolute Gasteiger partial charge is 0.480 e. The summed E-state index contributed by atoms with van der Waals surface area (Å²) in [5, 5.41) is 16.7. The average Bonchev–Trinajstić information content (AvgIpc) is 2.83. The Balaban J connectivity index is 3.37. The first-order valence-electron chi connectivity index (χ1n) is 12.0. The summed E-state index contributed by atoms with van der Waals surface area (Å²) in [7, 11) is 0. The van der Waals surface area contributed by atoms with Crippen molar-refractivity contribution in [2.75, 3.05) is 72.5 Å². The summed E-state index contributed by atoms with van der Waals surface area (Å²) >= 11 is 0. The Morgan fingerprint density at radius 2 is 1.20 bits per heavy atom. The van der Waals surface area contributed by atoms with Crippen LogP contribution in [0.5, 0.6) is 0 Å². The van der Waals surface area contributed by atoms with E-state index in [1.54, 1.807) is 0 Å². The van der Waals surface area contributed by atoms with Gasteiger partial charge in [0.05, 0.1) is 39.6 Å². The van der Waals surface area contributed by atoms with Crippen LogP contribution in [-0.4, -0.2) is 107 Å². The molecule has 13 heteroatoms. The number of carbonyl (C=O) groups is 4. The molecule has 6 N–H and O–H groups in total. The summed E-state index contributed by atoms with van der Waals surface area (Å²) in [4.78, 5) is 45.2. The normalized spacial score (nSPS) is 11.6. The number of aliphatic carboxylic acids is 1. The number of rotatable bonds is 24. The molecule has 0 spiro atoms. The van der Waals surface area contributed by atoms with Gasteiger partial charge < -0.3 is 45.7 Å². The second-order valence-electron chi connectivity index (χ2n) is 7.57. The molecule has 0 aliphatic carbocycles. The molecule has 204 valence electrons. The first-order valence-corrected chi connectivity index (χ1v) is 12.0. The summed E-state index contributed by atoms with van der Waals surface area (Å²) in [5.41, 5.74) is 5.32. The number of nitrogens with two attached hydrogens (primary N) is 1. The number of nitrogens with one attached hydrogen (secondary N) is 3. The van der Waals surface area contributed by atoms with Gasteiger partial charge in [-0.15, -0.1) is 0 Å². The molecule has 0 aromatic heterocycles. The molecule has 0 saturated carbocycles. The van der Waals surface area contributed by atoms with Crippen molar-refractivity contribution in [3.8, 4) is 0 Å². The molecule has 1 atom stereocenters. The van der Waals surface area contributed by atoms with E-state index < -0.39 is 12.0 Å². The second kappa shape index (κ2) is 23.4. The smallest absolute Gasteiger partial charge is 0.320 e. The van der Waals surface area contributed by atoms with Gasteiger partial charge in [0.25, 0.3) is 0 Å². The highest BCUT2D eigenvalue weighted by atomic mass is 16.5. The van der Waals surface area contributed by atoms with Crippen LogP contribution in [0.3, 0.4) is 0 Å². The van der Waals surface area contributed by atoms with Crippen LogP contribution in [0.15, 0.2) is 0 Å². The number of amides is 3. The third kappa shape index (κ3) is 23.2. The summed E-state index contributed by atoms with van der Waals surface area (Å²) < 4.78 is 21.0. The number of carboxylic acid groups (broad SMARTS) is 1. The Hall–Kier alpha value is -2.32. The maximum Gasteiger partial charge on any atom is 0.320 e. The lowest BCUT2D eigenvalue weighted by Gasteiger charge is -2.09. The maximum absolute atomic E-state index is 11.6. The minimum atomic E-state index is -1.14. The predicted molar refractivity (Wildman–Crippen MR) is 127 cm³/mol. The molecule has 13 nitrogen and oxygen atoms in total. The molecular formula is C22H42N4O9. The number of hydrogen-bond donors (Lipinski definition) is 5. The van der Waals surface area contributed by atoms with Crippen LogP contribution in [0.1, 0.15) is 39.0 Å². The SMILES string of the molecule is CCCCCNC(=O)COCCOCCNC(=O)COCCOCCNC(=O)CCC(N)C(=O)O. The summed E-state index contributed by atoms with van der Waals surface area (Å²) in [6.07, 6.45) is 3.26. The van der Waals surface area contributed by atoms with Gasteiger partial charge in [-0.25, -0.2) is 0 Å². The quantitative estimate of drug-likeness (QED) is 0.0993. The van der Waals surface area contributed by atoms with Crippen molar-refractivity contribution >= 4 is 23.7 Å². The molecule has 0 aromatic rings. The van der Waals surface area contributed by atoms with Crippen LogP contribution in [0, 0.1) is 0 Å². The van der Waals surface area contributed by atoms with Crippen LogP contribution in [0.2, 0.25) is 0 Å². The van der Waals surface area contributed by atoms with Crippen molar-refractivity contribution in [3.63, 3.8) is 0 Å². The molecule has 0 aromatic carbocycles. The maximum atomic E-state index is 11.6. The third-order valence-corrected chi connectivity index (χ3v) is 4.45. The van der Waals surface area contributed by atoms with Gasteiger partial charge in [-0.3, -0.25) is 19.2 Å². The summed E-state index contributed by atoms with van der Waals surface area (Å²) in [6.45, 7) is 4.93. The molecule has 0 fully saturated rings. The van der Waals surface area contributed by atoms with Crippen molar-refractivity contribution < 1.29 is 43.2 Å². The monoisotopic (exact) mass is 506 g/mol. The van der Waals surface area contributed by atoms with Gasteiger partial charge in [0.15, 0.2) is 0 Å². The minimum Gasteiger partial charge on any atom is -0.480 e. The number of carbonyl (C=O) groups excluding carboxylic acids is 3. The fraction of sp³-hybridized carbons (Fsp3) is 0.818. The van der Waals surface area contributed by atoms with Gasteiger partial charge in [0.1, 0.15) is 19.3 Å². The Labute approximate surface area is 206 Å². The zero-order chi connectivity index (χ0) is 26.2. The lowest BCUT2D eigenvalue weighted by Crippen LogP contribution is -2.33. The third-order valence-electron chi connectivity index (χ3n) is 4.45. The second-order valence-corrected chi connectivity index (χ2v) is 7.57. The molecule has 0 radical (unpaired) electrons. The Kier molecular flexibility index (Phi) is 21.9. The average molecular weight is 507 g/mol. The van der Waals surface area contributed by atoms with Gasteiger partial charge in [-0.1, -0.05) is 19.8 Å². The van der Waals surface area contributed by atoms with E-state index in [1.807, 2.05) is 0 Å².